The third-order valence-corrected chi connectivity index (χ3v) is 12.1. The molecule has 53 heavy (non-hydrogen) atoms. The lowest BCUT2D eigenvalue weighted by Gasteiger charge is -2.08. The Hall–Kier alpha value is -6.82. The molecule has 0 N–H and O–H groups in total. The zero-order chi connectivity index (χ0) is 34.6. The summed E-state index contributed by atoms with van der Waals surface area (Å²) in [5.74, 6) is 0. The second kappa shape index (κ2) is 10.8. The van der Waals surface area contributed by atoms with Crippen molar-refractivity contribution < 1.29 is 8.83 Å². The molecule has 0 amide bonds. The molecule has 0 aliphatic carbocycles. The molecule has 0 fully saturated rings. The Morgan fingerprint density at radius 2 is 0.623 bits per heavy atom. The zero-order valence-electron chi connectivity index (χ0n) is 28.4. The van der Waals surface area contributed by atoms with E-state index < -0.39 is 0 Å². The number of hydrogen-bond acceptors (Lipinski definition) is 2. The summed E-state index contributed by atoms with van der Waals surface area (Å²) >= 11 is 0. The first-order chi connectivity index (χ1) is 26.2. The van der Waals surface area contributed by atoms with Gasteiger partial charge in [0.2, 0.25) is 0 Å². The number of rotatable bonds is 4. The second-order valence-corrected chi connectivity index (χ2v) is 15.3. The Labute approximate surface area is 305 Å². The van der Waals surface area contributed by atoms with Gasteiger partial charge >= 0.3 is 0 Å². The summed E-state index contributed by atoms with van der Waals surface area (Å²) < 4.78 is 17.5. The number of hydrogen-bond donors (Lipinski definition) is 0. The predicted molar refractivity (Wildman–Crippen MR) is 221 cm³/mol. The van der Waals surface area contributed by atoms with Crippen molar-refractivity contribution in [1.29, 1.82) is 0 Å². The molecule has 2 radical (unpaired) electrons. The Bertz CT molecular complexity index is 3110. The van der Waals surface area contributed by atoms with Gasteiger partial charge < -0.3 is 18.0 Å². The van der Waals surface area contributed by atoms with E-state index in [4.69, 9.17) is 8.83 Å². The fourth-order valence-electron chi connectivity index (χ4n) is 8.53. The van der Waals surface area contributed by atoms with Gasteiger partial charge in [0, 0.05) is 54.5 Å². The quantitative estimate of drug-likeness (QED) is 0.172. The summed E-state index contributed by atoms with van der Waals surface area (Å²) in [7, 11) is 0.475. The van der Waals surface area contributed by atoms with Crippen molar-refractivity contribution in [3.8, 4) is 11.4 Å². The highest BCUT2D eigenvalue weighted by molar-refractivity contribution is 6.68. The van der Waals surface area contributed by atoms with Crippen LogP contribution < -0.4 is 10.4 Å². The Morgan fingerprint density at radius 3 is 1.00 bits per heavy atom. The standard InChI is InChI=1S/C48H28N2O2Si/c1-5-13-41-33(9-1)34-10-2-6-14-42(34)49(41)29-17-21-45-37(25-29)39-27-31(19-23-47(39)51-45)53-32-20-24-48-40(28-32)38-26-30(18-22-46(38)52-48)50-43-15-7-3-11-35(43)36-12-4-8-16-44(36)50/h1-28H. The van der Waals surface area contributed by atoms with Crippen LogP contribution in [0.5, 0.6) is 0 Å². The minimum atomic E-state index is 0.475. The first-order valence-corrected chi connectivity index (χ1v) is 18.9. The minimum absolute atomic E-state index is 0.475. The molecule has 0 aliphatic heterocycles. The van der Waals surface area contributed by atoms with E-state index in [1.165, 1.54) is 54.0 Å². The van der Waals surface area contributed by atoms with Crippen LogP contribution in [0.25, 0.3) is 98.9 Å². The first kappa shape index (κ1) is 28.8. The smallest absolute Gasteiger partial charge is 0.135 e. The fraction of sp³-hybridized carbons (Fsp3) is 0. The van der Waals surface area contributed by atoms with Crippen LogP contribution >= 0.6 is 0 Å². The van der Waals surface area contributed by atoms with Crippen molar-refractivity contribution in [2.45, 2.75) is 0 Å². The van der Waals surface area contributed by atoms with E-state index in [0.29, 0.717) is 9.52 Å². The predicted octanol–water partition coefficient (Wildman–Crippen LogP) is 11.3. The Balaban J connectivity index is 0.954. The number of aromatic nitrogens is 2. The van der Waals surface area contributed by atoms with Crippen LogP contribution in [-0.2, 0) is 0 Å². The average molecular weight is 693 g/mol. The highest BCUT2D eigenvalue weighted by atomic mass is 28.2. The van der Waals surface area contributed by atoms with Crippen molar-refractivity contribution >= 4 is 107 Å². The molecular weight excluding hydrogens is 665 g/mol. The average Bonchev–Trinajstić information content (AvgIpc) is 3.95. The maximum Gasteiger partial charge on any atom is 0.135 e. The number of nitrogens with zero attached hydrogens (tertiary/aromatic N) is 2. The summed E-state index contributed by atoms with van der Waals surface area (Å²) in [6.45, 7) is 0. The maximum absolute atomic E-state index is 6.38. The van der Waals surface area contributed by atoms with E-state index in [-0.39, 0.29) is 0 Å². The maximum atomic E-state index is 6.38. The van der Waals surface area contributed by atoms with E-state index in [1.54, 1.807) is 0 Å². The highest BCUT2D eigenvalue weighted by Crippen LogP contribution is 2.37. The van der Waals surface area contributed by atoms with Gasteiger partial charge in [-0.25, -0.2) is 0 Å². The number of furan rings is 2. The van der Waals surface area contributed by atoms with E-state index in [1.807, 2.05) is 0 Å². The van der Waals surface area contributed by atoms with Crippen molar-refractivity contribution in [2.24, 2.45) is 0 Å². The molecule has 0 bridgehead atoms. The fourth-order valence-corrected chi connectivity index (χ4v) is 9.63. The third kappa shape index (κ3) is 4.23. The van der Waals surface area contributed by atoms with Gasteiger partial charge in [0.25, 0.3) is 0 Å². The normalized spacial score (nSPS) is 12.2. The number of benzene rings is 8. The van der Waals surface area contributed by atoms with Crippen LogP contribution in [0.1, 0.15) is 0 Å². The van der Waals surface area contributed by atoms with E-state index >= 15 is 0 Å². The molecule has 0 aliphatic rings. The lowest BCUT2D eigenvalue weighted by Crippen LogP contribution is -2.26. The van der Waals surface area contributed by atoms with E-state index in [2.05, 4.69) is 179 Å². The lowest BCUT2D eigenvalue weighted by atomic mass is 10.1. The van der Waals surface area contributed by atoms with Crippen LogP contribution in [0.2, 0.25) is 0 Å². The van der Waals surface area contributed by atoms with Gasteiger partial charge in [-0.15, -0.1) is 0 Å². The molecule has 5 heteroatoms. The van der Waals surface area contributed by atoms with Crippen molar-refractivity contribution in [3.63, 3.8) is 0 Å². The van der Waals surface area contributed by atoms with Gasteiger partial charge in [0.05, 0.1) is 22.1 Å². The Morgan fingerprint density at radius 1 is 0.302 bits per heavy atom. The van der Waals surface area contributed by atoms with Crippen LogP contribution in [-0.4, -0.2) is 18.7 Å². The summed E-state index contributed by atoms with van der Waals surface area (Å²) in [4.78, 5) is 0. The van der Waals surface area contributed by atoms with Gasteiger partial charge in [-0.2, -0.15) is 0 Å². The summed E-state index contributed by atoms with van der Waals surface area (Å²) in [6, 6.07) is 61.0. The van der Waals surface area contributed by atoms with Crippen LogP contribution in [0.3, 0.4) is 0 Å². The SMILES string of the molecule is c1ccc2c(c1)c1ccccc1n2-c1ccc2oc3ccc([Si]c4ccc5oc6ccc(-n7c8ccccc8c8ccccc87)cc6c5c4)cc3c2c1. The van der Waals surface area contributed by atoms with Gasteiger partial charge in [0.15, 0.2) is 0 Å². The van der Waals surface area contributed by atoms with Gasteiger partial charge in [-0.1, -0.05) is 107 Å². The topological polar surface area (TPSA) is 36.1 Å². The molecule has 4 nitrogen and oxygen atoms in total. The lowest BCUT2D eigenvalue weighted by molar-refractivity contribution is 0.668. The molecule has 0 saturated carbocycles. The minimum Gasteiger partial charge on any atom is -0.456 e. The zero-order valence-corrected chi connectivity index (χ0v) is 29.4. The van der Waals surface area contributed by atoms with Crippen LogP contribution in [0.15, 0.2) is 179 Å². The molecular formula is C48H28N2O2Si. The molecule has 0 spiro atoms. The van der Waals surface area contributed by atoms with Crippen molar-refractivity contribution in [2.75, 3.05) is 0 Å². The summed E-state index contributed by atoms with van der Waals surface area (Å²) in [5.41, 5.74) is 10.7. The molecule has 8 aromatic carbocycles. The molecule has 246 valence electrons. The highest BCUT2D eigenvalue weighted by Gasteiger charge is 2.17. The largest absolute Gasteiger partial charge is 0.456 e. The van der Waals surface area contributed by atoms with E-state index in [0.717, 1.165) is 55.3 Å². The molecule has 0 saturated heterocycles. The van der Waals surface area contributed by atoms with Crippen LogP contribution in [0.4, 0.5) is 0 Å². The van der Waals surface area contributed by atoms with E-state index in [9.17, 15) is 0 Å². The summed E-state index contributed by atoms with van der Waals surface area (Å²) in [5, 5.41) is 12.1. The van der Waals surface area contributed by atoms with Gasteiger partial charge in [-0.05, 0) is 72.8 Å². The molecule has 0 unspecified atom stereocenters. The molecule has 4 heterocycles. The second-order valence-electron chi connectivity index (χ2n) is 13.9. The molecule has 0 atom stereocenters. The molecule has 12 aromatic rings. The number of fused-ring (bicyclic) bond motifs is 12. The van der Waals surface area contributed by atoms with Crippen molar-refractivity contribution in [3.05, 3.63) is 170 Å². The van der Waals surface area contributed by atoms with Crippen molar-refractivity contribution in [1.82, 2.24) is 9.13 Å². The van der Waals surface area contributed by atoms with Gasteiger partial charge in [0.1, 0.15) is 31.9 Å². The Kier molecular flexibility index (Phi) is 5.90. The first-order valence-electron chi connectivity index (χ1n) is 17.9. The van der Waals surface area contributed by atoms with Crippen LogP contribution in [0, 0.1) is 0 Å². The van der Waals surface area contributed by atoms with Gasteiger partial charge in [-0.3, -0.25) is 0 Å². The number of para-hydroxylation sites is 4. The monoisotopic (exact) mass is 692 g/mol. The third-order valence-electron chi connectivity index (χ3n) is 10.9. The molecule has 4 aromatic heterocycles. The summed E-state index contributed by atoms with van der Waals surface area (Å²) in [6.07, 6.45) is 0. The molecule has 12 rings (SSSR count).